The smallest absolute Gasteiger partial charge is 0.355 e. The third kappa shape index (κ3) is 4.77. The highest BCUT2D eigenvalue weighted by molar-refractivity contribution is 4.35. The highest BCUT2D eigenvalue weighted by atomic mass is 17.0. The van der Waals surface area contributed by atoms with Gasteiger partial charge in [0.05, 0.1) is 0 Å². The average Bonchev–Trinajstić information content (AvgIpc) is 2.29. The number of H-pyrrole nitrogens is 4. The summed E-state index contributed by atoms with van der Waals surface area (Å²) >= 11 is 0. The molecule has 13 heteroatoms. The minimum absolute atomic E-state index is 1.34. The minimum atomic E-state index is -1.46. The summed E-state index contributed by atoms with van der Waals surface area (Å²) in [5, 5.41) is 5.65. The fraction of sp³-hybridized carbons (Fsp3) is 0. The molecule has 0 saturated carbocycles. The molecule has 13 nitrogen and oxygen atoms in total. The SMILES string of the molecule is O=c1[nH]oo[nH]c(=O)o[nH]c(=O)oc(=O)[nH]o1. The highest BCUT2D eigenvalue weighted by Crippen LogP contribution is 1.52. The normalized spacial score (nSPS) is 8.94. The van der Waals surface area contributed by atoms with E-state index in [9.17, 15) is 19.2 Å². The molecule has 0 radical (unpaired) electrons. The zero-order valence-electron chi connectivity index (χ0n) is 7.67. The molecule has 0 aliphatic rings. The van der Waals surface area contributed by atoms with E-state index in [1.54, 1.807) is 0 Å². The number of nitrogens with one attached hydrogen (secondary N) is 4. The molecule has 1 aromatic rings. The standard InChI is InChI=1S/C4H4N4O9/c9-1-5-14-3(11)7-16-17-8-4(12)15-6-2(10)13-1/h(H,5,9)(H,6,10)(H,7,11)(H,8,12). The first-order chi connectivity index (χ1) is 8.08. The Morgan fingerprint density at radius 3 is 1.41 bits per heavy atom. The quantitative estimate of drug-likeness (QED) is 0.369. The third-order valence-corrected chi connectivity index (χ3v) is 0.931. The zero-order valence-corrected chi connectivity index (χ0v) is 7.67. The molecule has 0 spiro atoms. The van der Waals surface area contributed by atoms with Gasteiger partial charge in [-0.1, -0.05) is 0 Å². The summed E-state index contributed by atoms with van der Waals surface area (Å²) in [5.41, 5.74) is 0. The van der Waals surface area contributed by atoms with Gasteiger partial charge in [-0.05, 0) is 0 Å². The van der Waals surface area contributed by atoms with Gasteiger partial charge >= 0.3 is 23.0 Å². The lowest BCUT2D eigenvalue weighted by Crippen LogP contribution is -2.13. The van der Waals surface area contributed by atoms with E-state index >= 15 is 0 Å². The van der Waals surface area contributed by atoms with Crippen molar-refractivity contribution in [2.75, 3.05) is 0 Å². The van der Waals surface area contributed by atoms with Crippen molar-refractivity contribution in [3.8, 4) is 0 Å². The van der Waals surface area contributed by atoms with Gasteiger partial charge in [0.1, 0.15) is 0 Å². The van der Waals surface area contributed by atoms with Gasteiger partial charge in [0.2, 0.25) is 0 Å². The van der Waals surface area contributed by atoms with Crippen LogP contribution >= 0.6 is 0 Å². The molecule has 0 fully saturated rings. The van der Waals surface area contributed by atoms with Crippen molar-refractivity contribution in [3.05, 3.63) is 42.2 Å². The lowest BCUT2D eigenvalue weighted by molar-refractivity contribution is -0.0727. The van der Waals surface area contributed by atoms with Crippen LogP contribution in [-0.2, 0) is 0 Å². The van der Waals surface area contributed by atoms with Gasteiger partial charge in [0.25, 0.3) is 0 Å². The lowest BCUT2D eigenvalue weighted by atomic mass is 11.3. The van der Waals surface area contributed by atoms with Crippen LogP contribution in [0.1, 0.15) is 0 Å². The van der Waals surface area contributed by atoms with Crippen molar-refractivity contribution in [2.45, 2.75) is 0 Å². The fourth-order valence-electron chi connectivity index (χ4n) is 0.453. The van der Waals surface area contributed by atoms with E-state index in [-0.39, 0.29) is 0 Å². The van der Waals surface area contributed by atoms with Gasteiger partial charge < -0.3 is 13.5 Å². The first kappa shape index (κ1) is 12.0. The molecule has 1 heterocycles. The molecular weight excluding hydrogens is 248 g/mol. The molecule has 0 saturated heterocycles. The first-order valence-corrected chi connectivity index (χ1v) is 3.62. The summed E-state index contributed by atoms with van der Waals surface area (Å²) in [6.07, 6.45) is 0. The Hall–Kier alpha value is -3.12. The highest BCUT2D eigenvalue weighted by Gasteiger charge is 1.83. The third-order valence-electron chi connectivity index (χ3n) is 0.931. The van der Waals surface area contributed by atoms with Crippen LogP contribution in [0.2, 0.25) is 0 Å². The van der Waals surface area contributed by atoms with E-state index in [0.29, 0.717) is 0 Å². The Balaban J connectivity index is 3.69. The zero-order chi connectivity index (χ0) is 12.7. The summed E-state index contributed by atoms with van der Waals surface area (Å²) in [4.78, 5) is 42.7. The second-order valence-corrected chi connectivity index (χ2v) is 2.03. The van der Waals surface area contributed by atoms with Crippen LogP contribution in [0.15, 0.2) is 42.0 Å². The molecule has 0 bridgehead atoms. The van der Waals surface area contributed by atoms with Crippen molar-refractivity contribution in [1.29, 1.82) is 0 Å². The molecule has 4 N–H and O–H groups in total. The van der Waals surface area contributed by atoms with E-state index in [1.807, 2.05) is 0 Å². The maximum Gasteiger partial charge on any atom is 0.468 e. The van der Waals surface area contributed by atoms with Crippen LogP contribution in [0.4, 0.5) is 0 Å². The van der Waals surface area contributed by atoms with Gasteiger partial charge in [0.15, 0.2) is 0 Å². The van der Waals surface area contributed by atoms with Crippen molar-refractivity contribution < 1.29 is 22.8 Å². The summed E-state index contributed by atoms with van der Waals surface area (Å²) < 4.78 is 19.4. The molecule has 17 heavy (non-hydrogen) atoms. The number of aromatic nitrogens is 4. The van der Waals surface area contributed by atoms with E-state index in [4.69, 9.17) is 0 Å². The largest absolute Gasteiger partial charge is 0.468 e. The van der Waals surface area contributed by atoms with Crippen LogP contribution in [0.25, 0.3) is 0 Å². The van der Waals surface area contributed by atoms with Crippen LogP contribution in [0, 0.1) is 0 Å². The predicted molar refractivity (Wildman–Crippen MR) is 43.1 cm³/mol. The van der Waals surface area contributed by atoms with Gasteiger partial charge in [0, 0.05) is 0 Å². The molecule has 1 aromatic heterocycles. The molecule has 0 unspecified atom stereocenters. The summed E-state index contributed by atoms with van der Waals surface area (Å²) in [5.74, 6) is -5.59. The van der Waals surface area contributed by atoms with E-state index in [1.165, 1.54) is 20.6 Å². The molecule has 0 aliphatic carbocycles. The Labute approximate surface area is 86.8 Å². The average molecular weight is 252 g/mol. The van der Waals surface area contributed by atoms with Crippen LogP contribution in [-0.4, -0.2) is 20.6 Å². The van der Waals surface area contributed by atoms with Crippen LogP contribution < -0.4 is 23.0 Å². The Morgan fingerprint density at radius 1 is 0.588 bits per heavy atom. The van der Waals surface area contributed by atoms with Crippen molar-refractivity contribution >= 4 is 0 Å². The maximum absolute atomic E-state index is 10.7. The molecule has 1 rings (SSSR count). The molecule has 94 valence electrons. The predicted octanol–water partition coefficient (Wildman–Crippen LogP) is -2.22. The summed E-state index contributed by atoms with van der Waals surface area (Å²) in [6, 6.07) is 0. The van der Waals surface area contributed by atoms with Gasteiger partial charge in [-0.25, -0.2) is 19.2 Å². The molecule has 0 atom stereocenters. The monoisotopic (exact) mass is 252 g/mol. The van der Waals surface area contributed by atoms with Crippen molar-refractivity contribution in [2.24, 2.45) is 0 Å². The summed E-state index contributed by atoms with van der Waals surface area (Å²) in [7, 11) is 0. The number of aromatic amines is 4. The number of hydrogen-bond donors (Lipinski definition) is 4. The number of rotatable bonds is 0. The molecule has 0 aliphatic heterocycles. The summed E-state index contributed by atoms with van der Waals surface area (Å²) in [6.45, 7) is 0. The van der Waals surface area contributed by atoms with Crippen molar-refractivity contribution in [3.63, 3.8) is 0 Å². The molecular formula is C4H4N4O9. The Kier molecular flexibility index (Phi) is 4.00. The second-order valence-electron chi connectivity index (χ2n) is 2.03. The van der Waals surface area contributed by atoms with E-state index in [0.717, 1.165) is 0 Å². The maximum atomic E-state index is 10.7. The van der Waals surface area contributed by atoms with E-state index in [2.05, 4.69) is 22.8 Å². The molecule has 0 aromatic carbocycles. The van der Waals surface area contributed by atoms with Crippen LogP contribution in [0.3, 0.4) is 0 Å². The van der Waals surface area contributed by atoms with Gasteiger partial charge in [-0.15, -0.1) is 20.6 Å². The lowest BCUT2D eigenvalue weighted by Gasteiger charge is -1.70. The fourth-order valence-corrected chi connectivity index (χ4v) is 0.453. The minimum Gasteiger partial charge on any atom is -0.355 e. The Morgan fingerprint density at radius 2 is 1.00 bits per heavy atom. The van der Waals surface area contributed by atoms with Gasteiger partial charge in [-0.3, -0.25) is 0 Å². The topological polar surface area (TPSA) is 197 Å². The second kappa shape index (κ2) is 5.69. The first-order valence-electron chi connectivity index (χ1n) is 3.62. The van der Waals surface area contributed by atoms with E-state index < -0.39 is 23.0 Å². The van der Waals surface area contributed by atoms with Crippen molar-refractivity contribution in [1.82, 2.24) is 20.6 Å². The number of hydrogen-bond acceptors (Lipinski definition) is 9. The Bertz CT molecular complexity index is 640. The van der Waals surface area contributed by atoms with Crippen LogP contribution in [0.5, 0.6) is 0 Å². The molecule has 0 amide bonds. The van der Waals surface area contributed by atoms with Gasteiger partial charge in [-0.2, -0.15) is 9.36 Å².